The van der Waals surface area contributed by atoms with E-state index in [1.807, 2.05) is 0 Å². The van der Waals surface area contributed by atoms with E-state index in [1.54, 1.807) is 0 Å². The number of carbonyl (C=O) groups excluding carboxylic acids is 1. The van der Waals surface area contributed by atoms with Gasteiger partial charge in [0.1, 0.15) is 6.61 Å². The number of ether oxygens (including phenoxy) is 1. The lowest BCUT2D eigenvalue weighted by Gasteiger charge is -1.96. The summed E-state index contributed by atoms with van der Waals surface area (Å²) in [5.74, 6) is 0. The Kier molecular flexibility index (Phi) is 5.77. The molecule has 0 radical (unpaired) electrons. The molecule has 0 unspecified atom stereocenters. The van der Waals surface area contributed by atoms with Gasteiger partial charge >= 0.3 is 10.6 Å². The van der Waals surface area contributed by atoms with Crippen LogP contribution in [-0.4, -0.2) is 22.3 Å². The number of carbonyl (C=O) groups is 2. The van der Waals surface area contributed by atoms with Crippen molar-refractivity contribution in [2.75, 3.05) is 6.61 Å². The van der Waals surface area contributed by atoms with E-state index < -0.39 is 10.6 Å². The van der Waals surface area contributed by atoms with Crippen molar-refractivity contribution in [1.82, 2.24) is 0 Å². The molecule has 62 valence electrons. The van der Waals surface area contributed by atoms with Crippen LogP contribution in [0.3, 0.4) is 0 Å². The topological polar surface area (TPSA) is 63.6 Å². The molecule has 0 bridgehead atoms. The summed E-state index contributed by atoms with van der Waals surface area (Å²) in [6.45, 7) is 3.42. The first-order valence-corrected chi connectivity index (χ1v) is 4.67. The zero-order valence-electron chi connectivity index (χ0n) is 5.48. The van der Waals surface area contributed by atoms with Crippen molar-refractivity contribution in [3.05, 3.63) is 12.7 Å². The fourth-order valence-electron chi connectivity index (χ4n) is 0.221. The van der Waals surface area contributed by atoms with Gasteiger partial charge in [0.2, 0.25) is 0 Å². The van der Waals surface area contributed by atoms with Crippen LogP contribution in [0.15, 0.2) is 12.7 Å². The van der Waals surface area contributed by atoms with E-state index in [9.17, 15) is 9.59 Å². The first kappa shape index (κ1) is 10.4. The Morgan fingerprint density at radius 3 is 2.64 bits per heavy atom. The van der Waals surface area contributed by atoms with Crippen LogP contribution in [0.1, 0.15) is 0 Å². The molecular weight excluding hydrogens is 188 g/mol. The Morgan fingerprint density at radius 1 is 1.55 bits per heavy atom. The molecule has 0 atom stereocenters. The highest BCUT2D eigenvalue weighted by Gasteiger charge is 2.06. The maximum absolute atomic E-state index is 10.5. The molecule has 1 N–H and O–H groups in total. The lowest BCUT2D eigenvalue weighted by molar-refractivity contribution is 0.188. The van der Waals surface area contributed by atoms with E-state index in [0.717, 1.165) is 0 Å². The molecule has 0 aliphatic rings. The van der Waals surface area contributed by atoms with Gasteiger partial charge in [0.05, 0.1) is 0 Å². The molecule has 0 aromatic carbocycles. The normalized spacial score (nSPS) is 8.73. The summed E-state index contributed by atoms with van der Waals surface area (Å²) in [7, 11) is 0.947. The van der Waals surface area contributed by atoms with Crippen LogP contribution in [0.4, 0.5) is 9.59 Å². The van der Waals surface area contributed by atoms with Gasteiger partial charge in [-0.1, -0.05) is 12.7 Å². The van der Waals surface area contributed by atoms with Gasteiger partial charge in [-0.05, 0) is 0 Å². The van der Waals surface area contributed by atoms with Crippen LogP contribution >= 0.6 is 21.6 Å². The van der Waals surface area contributed by atoms with E-state index in [0.29, 0.717) is 21.6 Å². The summed E-state index contributed by atoms with van der Waals surface area (Å²) < 4.78 is 4.46. The molecule has 0 saturated heterocycles. The first-order valence-electron chi connectivity index (χ1n) is 2.52. The van der Waals surface area contributed by atoms with Gasteiger partial charge in [-0.3, -0.25) is 0 Å². The molecule has 0 spiro atoms. The zero-order valence-corrected chi connectivity index (χ0v) is 7.11. The number of hydrogen-bond donors (Lipinski definition) is 1. The summed E-state index contributed by atoms with van der Waals surface area (Å²) in [6, 6.07) is 0. The molecule has 0 saturated carbocycles. The van der Waals surface area contributed by atoms with Gasteiger partial charge < -0.3 is 9.84 Å². The van der Waals surface area contributed by atoms with Gasteiger partial charge in [0.25, 0.3) is 0 Å². The van der Waals surface area contributed by atoms with Crippen molar-refractivity contribution >= 4 is 32.2 Å². The fraction of sp³-hybridized carbons (Fsp3) is 0.200. The van der Waals surface area contributed by atoms with E-state index in [1.165, 1.54) is 6.08 Å². The van der Waals surface area contributed by atoms with E-state index in [4.69, 9.17) is 5.11 Å². The third-order valence-electron chi connectivity index (χ3n) is 0.500. The molecular formula is C5H6O4S2. The number of hydrogen-bond acceptors (Lipinski definition) is 5. The Bertz CT molecular complexity index is 168. The average molecular weight is 194 g/mol. The quantitative estimate of drug-likeness (QED) is 0.413. The van der Waals surface area contributed by atoms with E-state index in [2.05, 4.69) is 11.3 Å². The molecule has 4 nitrogen and oxygen atoms in total. The summed E-state index contributed by atoms with van der Waals surface area (Å²) in [5, 5.41) is 6.35. The SMILES string of the molecule is C=CCOC(=O)SSC(=O)O. The van der Waals surface area contributed by atoms with Crippen molar-refractivity contribution in [3.63, 3.8) is 0 Å². The number of carboxylic acid groups (broad SMARTS) is 1. The minimum absolute atomic E-state index is 0.103. The summed E-state index contributed by atoms with van der Waals surface area (Å²) in [6.07, 6.45) is 1.41. The molecule has 0 amide bonds. The second-order valence-corrected chi connectivity index (χ2v) is 3.30. The average Bonchev–Trinajstić information content (AvgIpc) is 1.97. The summed E-state index contributed by atoms with van der Waals surface area (Å²) in [4.78, 5) is 20.4. The van der Waals surface area contributed by atoms with Crippen molar-refractivity contribution in [3.8, 4) is 0 Å². The van der Waals surface area contributed by atoms with Crippen molar-refractivity contribution in [2.24, 2.45) is 0 Å². The Balaban J connectivity index is 3.37. The molecule has 0 aromatic heterocycles. The molecule has 0 rings (SSSR count). The third-order valence-corrected chi connectivity index (χ3v) is 2.07. The van der Waals surface area contributed by atoms with Crippen molar-refractivity contribution in [2.45, 2.75) is 0 Å². The Morgan fingerprint density at radius 2 is 2.18 bits per heavy atom. The zero-order chi connectivity index (χ0) is 8.69. The highest BCUT2D eigenvalue weighted by Crippen LogP contribution is 2.23. The molecule has 0 heterocycles. The van der Waals surface area contributed by atoms with Gasteiger partial charge in [-0.15, -0.1) is 0 Å². The van der Waals surface area contributed by atoms with Crippen molar-refractivity contribution in [1.29, 1.82) is 0 Å². The van der Waals surface area contributed by atoms with Crippen LogP contribution in [0.25, 0.3) is 0 Å². The first-order chi connectivity index (χ1) is 5.16. The molecule has 0 aromatic rings. The van der Waals surface area contributed by atoms with E-state index >= 15 is 0 Å². The smallest absolute Gasteiger partial charge is 0.378 e. The Hall–Kier alpha value is -0.620. The summed E-state index contributed by atoms with van der Waals surface area (Å²) >= 11 is 0. The lowest BCUT2D eigenvalue weighted by atomic mass is 10.7. The maximum atomic E-state index is 10.5. The number of rotatable bonds is 2. The lowest BCUT2D eigenvalue weighted by Crippen LogP contribution is -1.95. The van der Waals surface area contributed by atoms with Crippen LogP contribution < -0.4 is 0 Å². The maximum Gasteiger partial charge on any atom is 0.378 e. The fourth-order valence-corrected chi connectivity index (χ4v) is 1.04. The third kappa shape index (κ3) is 7.27. The van der Waals surface area contributed by atoms with Crippen LogP contribution in [0, 0.1) is 0 Å². The predicted octanol–water partition coefficient (Wildman–Crippen LogP) is 2.37. The van der Waals surface area contributed by atoms with Gasteiger partial charge in [-0.25, -0.2) is 9.59 Å². The highest BCUT2D eigenvalue weighted by molar-refractivity contribution is 8.86. The molecule has 11 heavy (non-hydrogen) atoms. The van der Waals surface area contributed by atoms with E-state index in [-0.39, 0.29) is 6.61 Å². The minimum atomic E-state index is -1.12. The largest absolute Gasteiger partial charge is 0.473 e. The van der Waals surface area contributed by atoms with Crippen LogP contribution in [-0.2, 0) is 4.74 Å². The van der Waals surface area contributed by atoms with Gasteiger partial charge in [0.15, 0.2) is 0 Å². The van der Waals surface area contributed by atoms with Gasteiger partial charge in [0, 0.05) is 21.6 Å². The molecule has 0 aliphatic heterocycles. The van der Waals surface area contributed by atoms with Crippen molar-refractivity contribution < 1.29 is 19.4 Å². The second-order valence-electron chi connectivity index (χ2n) is 1.28. The second kappa shape index (κ2) is 6.11. The molecule has 0 aliphatic carbocycles. The molecule has 6 heteroatoms. The minimum Gasteiger partial charge on any atom is -0.473 e. The van der Waals surface area contributed by atoms with Gasteiger partial charge in [-0.2, -0.15) is 0 Å². The summed E-state index contributed by atoms with van der Waals surface area (Å²) in [5.41, 5.74) is 0. The molecule has 0 fully saturated rings. The highest BCUT2D eigenvalue weighted by atomic mass is 33.1. The monoisotopic (exact) mass is 194 g/mol. The standard InChI is InChI=1S/C5H6O4S2/c1-2-3-9-5(8)11-10-4(6)7/h2H,1,3H2,(H,6,7). The Labute approximate surface area is 71.4 Å². The van der Waals surface area contributed by atoms with Crippen LogP contribution in [0.2, 0.25) is 0 Å². The predicted molar refractivity (Wildman–Crippen MR) is 44.8 cm³/mol. The van der Waals surface area contributed by atoms with Crippen LogP contribution in [0.5, 0.6) is 0 Å².